The summed E-state index contributed by atoms with van der Waals surface area (Å²) in [4.78, 5) is 14.2. The molecule has 1 unspecified atom stereocenters. The SMILES string of the molecule is CCc1nc(CNC(=NC)NCC(c2ccc(C)s2)N2CCOCC2)cs1. The molecule has 3 heterocycles. The summed E-state index contributed by atoms with van der Waals surface area (Å²) in [5.41, 5.74) is 1.07. The Morgan fingerprint density at radius 1 is 1.33 bits per heavy atom. The average Bonchev–Trinajstić information content (AvgIpc) is 3.34. The fourth-order valence-corrected chi connectivity index (χ4v) is 4.87. The highest BCUT2D eigenvalue weighted by molar-refractivity contribution is 7.12. The Labute approximate surface area is 169 Å². The monoisotopic (exact) mass is 407 g/mol. The standard InChI is InChI=1S/C19H29N5OS2/c1-4-18-23-15(13-26-18)11-21-19(20-3)22-12-16(17-6-5-14(2)27-17)24-7-9-25-10-8-24/h5-6,13,16H,4,7-12H2,1-3H3,(H2,20,21,22). The van der Waals surface area contributed by atoms with E-state index in [1.54, 1.807) is 11.3 Å². The number of aromatic nitrogens is 1. The summed E-state index contributed by atoms with van der Waals surface area (Å²) in [6.07, 6.45) is 0.985. The highest BCUT2D eigenvalue weighted by atomic mass is 32.1. The van der Waals surface area contributed by atoms with Crippen LogP contribution in [0.2, 0.25) is 0 Å². The van der Waals surface area contributed by atoms with Gasteiger partial charge in [-0.2, -0.15) is 0 Å². The van der Waals surface area contributed by atoms with E-state index < -0.39 is 0 Å². The summed E-state index contributed by atoms with van der Waals surface area (Å²) in [7, 11) is 1.81. The number of nitrogens with zero attached hydrogens (tertiary/aromatic N) is 3. The molecule has 2 aromatic heterocycles. The number of guanidine groups is 1. The van der Waals surface area contributed by atoms with Crippen LogP contribution in [-0.2, 0) is 17.7 Å². The molecule has 2 N–H and O–H groups in total. The van der Waals surface area contributed by atoms with Crippen LogP contribution in [0.1, 0.15) is 33.4 Å². The molecule has 6 nitrogen and oxygen atoms in total. The number of rotatable bonds is 7. The highest BCUT2D eigenvalue weighted by Gasteiger charge is 2.24. The lowest BCUT2D eigenvalue weighted by atomic mass is 10.2. The van der Waals surface area contributed by atoms with Gasteiger partial charge in [0.25, 0.3) is 0 Å². The number of aliphatic imine (C=N–C) groups is 1. The van der Waals surface area contributed by atoms with Crippen molar-refractivity contribution in [2.45, 2.75) is 32.9 Å². The van der Waals surface area contributed by atoms with Crippen molar-refractivity contribution in [1.82, 2.24) is 20.5 Å². The number of hydrogen-bond donors (Lipinski definition) is 2. The number of thiazole rings is 1. The van der Waals surface area contributed by atoms with E-state index in [1.807, 2.05) is 18.4 Å². The normalized spacial score (nSPS) is 17.1. The Kier molecular flexibility index (Phi) is 7.63. The van der Waals surface area contributed by atoms with Gasteiger partial charge in [-0.25, -0.2) is 4.98 Å². The van der Waals surface area contributed by atoms with Crippen LogP contribution in [0, 0.1) is 6.92 Å². The zero-order valence-corrected chi connectivity index (χ0v) is 18.0. The fraction of sp³-hybridized carbons (Fsp3) is 0.579. The molecule has 0 aliphatic carbocycles. The van der Waals surface area contributed by atoms with Gasteiger partial charge in [0.2, 0.25) is 0 Å². The van der Waals surface area contributed by atoms with E-state index in [-0.39, 0.29) is 0 Å². The highest BCUT2D eigenvalue weighted by Crippen LogP contribution is 2.27. The van der Waals surface area contributed by atoms with Crippen molar-refractivity contribution in [2.24, 2.45) is 4.99 Å². The van der Waals surface area contributed by atoms with Crippen molar-refractivity contribution >= 4 is 28.6 Å². The number of ether oxygens (including phenoxy) is 1. The minimum absolute atomic E-state index is 0.331. The minimum atomic E-state index is 0.331. The Balaban J connectivity index is 1.58. The molecule has 3 rings (SSSR count). The Hall–Kier alpha value is -1.48. The van der Waals surface area contributed by atoms with Gasteiger partial charge in [0.05, 0.1) is 36.5 Å². The quantitative estimate of drug-likeness (QED) is 0.546. The molecule has 1 fully saturated rings. The van der Waals surface area contributed by atoms with E-state index in [1.165, 1.54) is 14.8 Å². The first-order valence-corrected chi connectivity index (χ1v) is 11.1. The first-order valence-electron chi connectivity index (χ1n) is 9.45. The van der Waals surface area contributed by atoms with Gasteiger partial charge in [-0.15, -0.1) is 22.7 Å². The smallest absolute Gasteiger partial charge is 0.191 e. The lowest BCUT2D eigenvalue weighted by Crippen LogP contribution is -2.46. The van der Waals surface area contributed by atoms with Crippen molar-refractivity contribution in [3.05, 3.63) is 38.0 Å². The lowest BCUT2D eigenvalue weighted by Gasteiger charge is -2.34. The number of aryl methyl sites for hydroxylation is 2. The number of thiophene rings is 1. The second-order valence-corrected chi connectivity index (χ2v) is 8.77. The van der Waals surface area contributed by atoms with Crippen LogP contribution < -0.4 is 10.6 Å². The Morgan fingerprint density at radius 2 is 2.15 bits per heavy atom. The topological polar surface area (TPSA) is 61.8 Å². The molecule has 1 aliphatic heterocycles. The average molecular weight is 408 g/mol. The molecular formula is C19H29N5OS2. The molecule has 0 radical (unpaired) electrons. The van der Waals surface area contributed by atoms with Gasteiger partial charge in [0.15, 0.2) is 5.96 Å². The van der Waals surface area contributed by atoms with Crippen LogP contribution in [0.5, 0.6) is 0 Å². The first-order chi connectivity index (χ1) is 13.2. The molecule has 0 spiro atoms. The van der Waals surface area contributed by atoms with Crippen LogP contribution in [0.25, 0.3) is 0 Å². The molecule has 0 saturated carbocycles. The molecule has 1 aliphatic rings. The zero-order valence-electron chi connectivity index (χ0n) is 16.3. The summed E-state index contributed by atoms with van der Waals surface area (Å²) in [5.74, 6) is 0.813. The van der Waals surface area contributed by atoms with Gasteiger partial charge in [-0.05, 0) is 25.5 Å². The maximum absolute atomic E-state index is 5.54. The summed E-state index contributed by atoms with van der Waals surface area (Å²) < 4.78 is 5.54. The third kappa shape index (κ3) is 5.75. The maximum Gasteiger partial charge on any atom is 0.191 e. The summed E-state index contributed by atoms with van der Waals surface area (Å²) in [6.45, 7) is 9.34. The van der Waals surface area contributed by atoms with Crippen molar-refractivity contribution in [3.63, 3.8) is 0 Å². The molecule has 0 bridgehead atoms. The molecular weight excluding hydrogens is 378 g/mol. The number of nitrogens with one attached hydrogen (secondary N) is 2. The Morgan fingerprint density at radius 3 is 2.78 bits per heavy atom. The third-order valence-electron chi connectivity index (χ3n) is 4.60. The third-order valence-corrected chi connectivity index (χ3v) is 6.75. The second kappa shape index (κ2) is 10.2. The number of morpholine rings is 1. The van der Waals surface area contributed by atoms with Crippen LogP contribution >= 0.6 is 22.7 Å². The van der Waals surface area contributed by atoms with Crippen LogP contribution in [0.15, 0.2) is 22.5 Å². The molecule has 8 heteroatoms. The van der Waals surface area contributed by atoms with E-state index in [4.69, 9.17) is 4.74 Å². The van der Waals surface area contributed by atoms with E-state index in [9.17, 15) is 0 Å². The summed E-state index contributed by atoms with van der Waals surface area (Å²) in [6, 6.07) is 4.78. The molecule has 1 atom stereocenters. The first kappa shape index (κ1) is 20.3. The second-order valence-electron chi connectivity index (χ2n) is 6.51. The largest absolute Gasteiger partial charge is 0.379 e. The molecule has 1 saturated heterocycles. The number of hydrogen-bond acceptors (Lipinski definition) is 6. The molecule has 2 aromatic rings. The maximum atomic E-state index is 5.54. The Bertz CT molecular complexity index is 736. The van der Waals surface area contributed by atoms with Crippen LogP contribution in [-0.4, -0.2) is 55.7 Å². The molecule has 0 amide bonds. The summed E-state index contributed by atoms with van der Waals surface area (Å²) in [5, 5.41) is 10.2. The van der Waals surface area contributed by atoms with Crippen molar-refractivity contribution in [3.8, 4) is 0 Å². The molecule has 148 valence electrons. The van der Waals surface area contributed by atoms with Gasteiger partial charge in [0, 0.05) is 41.8 Å². The predicted octanol–water partition coefficient (Wildman–Crippen LogP) is 2.81. The van der Waals surface area contributed by atoms with Gasteiger partial charge < -0.3 is 15.4 Å². The van der Waals surface area contributed by atoms with Crippen molar-refractivity contribution in [1.29, 1.82) is 0 Å². The van der Waals surface area contributed by atoms with Gasteiger partial charge >= 0.3 is 0 Å². The molecule has 27 heavy (non-hydrogen) atoms. The van der Waals surface area contributed by atoms with Crippen LogP contribution in [0.3, 0.4) is 0 Å². The summed E-state index contributed by atoms with van der Waals surface area (Å²) >= 11 is 3.59. The zero-order chi connectivity index (χ0) is 19.1. The fourth-order valence-electron chi connectivity index (χ4n) is 3.11. The van der Waals surface area contributed by atoms with Gasteiger partial charge in [-0.1, -0.05) is 6.92 Å². The van der Waals surface area contributed by atoms with E-state index in [0.29, 0.717) is 12.6 Å². The molecule has 0 aromatic carbocycles. The lowest BCUT2D eigenvalue weighted by molar-refractivity contribution is 0.0177. The predicted molar refractivity (Wildman–Crippen MR) is 114 cm³/mol. The van der Waals surface area contributed by atoms with Gasteiger partial charge in [-0.3, -0.25) is 9.89 Å². The van der Waals surface area contributed by atoms with Gasteiger partial charge in [0.1, 0.15) is 0 Å². The van der Waals surface area contributed by atoms with E-state index >= 15 is 0 Å². The van der Waals surface area contributed by atoms with Crippen LogP contribution in [0.4, 0.5) is 0 Å². The van der Waals surface area contributed by atoms with Crippen molar-refractivity contribution < 1.29 is 4.74 Å². The van der Waals surface area contributed by atoms with E-state index in [2.05, 4.69) is 56.9 Å². The van der Waals surface area contributed by atoms with E-state index in [0.717, 1.165) is 50.9 Å². The van der Waals surface area contributed by atoms with Crippen molar-refractivity contribution in [2.75, 3.05) is 39.9 Å². The minimum Gasteiger partial charge on any atom is -0.379 e.